The largest absolute Gasteiger partial charge is 0.483 e. The molecule has 0 N–H and O–H groups in total. The summed E-state index contributed by atoms with van der Waals surface area (Å²) in [7, 11) is 0. The van der Waals surface area contributed by atoms with Gasteiger partial charge in [0.2, 0.25) is 0 Å². The van der Waals surface area contributed by atoms with Crippen LogP contribution < -0.4 is 4.74 Å². The highest BCUT2D eigenvalue weighted by Crippen LogP contribution is 2.28. The molecule has 160 valence electrons. The normalized spacial score (nSPS) is 13.9. The summed E-state index contributed by atoms with van der Waals surface area (Å²) >= 11 is 0. The van der Waals surface area contributed by atoms with Crippen LogP contribution in [-0.4, -0.2) is 23.6 Å². The molecule has 2 unspecified atom stereocenters. The lowest BCUT2D eigenvalue weighted by Gasteiger charge is -2.18. The van der Waals surface area contributed by atoms with Crippen LogP contribution in [0.2, 0.25) is 0 Å². The summed E-state index contributed by atoms with van der Waals surface area (Å²) in [6, 6.07) is 12.7. The second-order valence-electron chi connectivity index (χ2n) is 7.97. The van der Waals surface area contributed by atoms with Crippen molar-refractivity contribution in [1.29, 1.82) is 5.26 Å². The van der Waals surface area contributed by atoms with Gasteiger partial charge in [-0.15, -0.1) is 0 Å². The van der Waals surface area contributed by atoms with Crippen molar-refractivity contribution < 1.29 is 22.7 Å². The van der Waals surface area contributed by atoms with Gasteiger partial charge in [-0.1, -0.05) is 38.1 Å². The van der Waals surface area contributed by atoms with Gasteiger partial charge >= 0.3 is 6.18 Å². The van der Waals surface area contributed by atoms with E-state index in [4.69, 9.17) is 0 Å². The van der Waals surface area contributed by atoms with Crippen molar-refractivity contribution in [2.75, 3.05) is 6.61 Å². The number of pyridine rings is 1. The van der Waals surface area contributed by atoms with E-state index >= 15 is 0 Å². The molecule has 1 aromatic carbocycles. The van der Waals surface area contributed by atoms with Crippen LogP contribution in [0.4, 0.5) is 13.2 Å². The van der Waals surface area contributed by atoms with Crippen molar-refractivity contribution >= 4 is 5.78 Å². The lowest BCUT2D eigenvalue weighted by molar-refractivity contribution is -0.153. The molecule has 0 saturated heterocycles. The summed E-state index contributed by atoms with van der Waals surface area (Å²) in [4.78, 5) is 16.9. The number of alkyl halides is 3. The molecule has 0 radical (unpaired) electrons. The monoisotopic (exact) mass is 418 g/mol. The third-order valence-corrected chi connectivity index (χ3v) is 5.07. The number of Topliss-reactive ketones (excluding diaryl/α,β-unsaturated/α-hetero) is 1. The molecule has 0 spiro atoms. The maximum atomic E-state index is 12.7. The lowest BCUT2D eigenvalue weighted by Crippen LogP contribution is -2.19. The van der Waals surface area contributed by atoms with E-state index in [2.05, 4.69) is 15.8 Å². The average Bonchev–Trinajstić information content (AvgIpc) is 2.71. The molecule has 0 fully saturated rings. The minimum atomic E-state index is -4.41. The van der Waals surface area contributed by atoms with Crippen LogP contribution in [0.1, 0.15) is 62.8 Å². The first-order chi connectivity index (χ1) is 13.9. The molecule has 1 aromatic heterocycles. The molecule has 30 heavy (non-hydrogen) atoms. The first kappa shape index (κ1) is 23.4. The molecule has 0 aliphatic heterocycles. The number of ether oxygens (including phenoxy) is 1. The van der Waals surface area contributed by atoms with Gasteiger partial charge in [-0.25, -0.2) is 0 Å². The van der Waals surface area contributed by atoms with Crippen LogP contribution >= 0.6 is 0 Å². The number of rotatable bonds is 8. The van der Waals surface area contributed by atoms with Crippen molar-refractivity contribution in [3.05, 3.63) is 59.4 Å². The maximum absolute atomic E-state index is 12.7. The highest BCUT2D eigenvalue weighted by molar-refractivity contribution is 5.86. The van der Waals surface area contributed by atoms with E-state index in [1.807, 2.05) is 52.0 Å². The molecule has 7 heteroatoms. The molecule has 0 bridgehead atoms. The van der Waals surface area contributed by atoms with Crippen LogP contribution in [0.5, 0.6) is 5.75 Å². The number of nitriles is 1. The molecule has 2 aromatic rings. The van der Waals surface area contributed by atoms with Crippen LogP contribution in [-0.2, 0) is 10.2 Å². The Morgan fingerprint density at radius 1 is 1.13 bits per heavy atom. The number of nitrogens with zero attached hydrogens (tertiary/aromatic N) is 2. The number of benzene rings is 1. The Balaban J connectivity index is 1.98. The zero-order chi connectivity index (χ0) is 22.5. The molecule has 0 aliphatic carbocycles. The standard InChI is InChI=1S/C23H25F3N2O2/c1-15(20-10-9-19(12-28-20)30-14-23(24,25)26)11-21(29)16(2)17-5-7-18(8-6-17)22(3,4)13-27/h5-10,12,15-16H,11,14H2,1-4H3. The summed E-state index contributed by atoms with van der Waals surface area (Å²) in [6.45, 7) is 5.99. The number of carbonyl (C=O) groups is 1. The fraction of sp³-hybridized carbons (Fsp3) is 0.435. The Bertz CT molecular complexity index is 898. The Kier molecular flexibility index (Phi) is 7.25. The van der Waals surface area contributed by atoms with E-state index in [-0.39, 0.29) is 29.8 Å². The smallest absolute Gasteiger partial charge is 0.422 e. The van der Waals surface area contributed by atoms with Gasteiger partial charge in [-0.3, -0.25) is 9.78 Å². The van der Waals surface area contributed by atoms with Gasteiger partial charge < -0.3 is 4.74 Å². The number of ketones is 1. The second kappa shape index (κ2) is 9.29. The highest BCUT2D eigenvalue weighted by atomic mass is 19.4. The molecule has 2 rings (SSSR count). The molecule has 0 aliphatic rings. The summed E-state index contributed by atoms with van der Waals surface area (Å²) in [6.07, 6.45) is -2.92. The van der Waals surface area contributed by atoms with Crippen LogP contribution in [0.25, 0.3) is 0 Å². The number of hydrogen-bond donors (Lipinski definition) is 0. The third kappa shape index (κ3) is 6.31. The molecule has 0 saturated carbocycles. The zero-order valence-corrected chi connectivity index (χ0v) is 17.5. The first-order valence-corrected chi connectivity index (χ1v) is 9.63. The van der Waals surface area contributed by atoms with Gasteiger partial charge in [0.15, 0.2) is 6.61 Å². The van der Waals surface area contributed by atoms with Crippen molar-refractivity contribution in [2.24, 2.45) is 0 Å². The topological polar surface area (TPSA) is 63.0 Å². The zero-order valence-electron chi connectivity index (χ0n) is 17.5. The number of carbonyl (C=O) groups excluding carboxylic acids is 1. The Labute approximate surface area is 174 Å². The van der Waals surface area contributed by atoms with Crippen molar-refractivity contribution in [2.45, 2.75) is 57.5 Å². The SMILES string of the molecule is CC(CC(=O)C(C)c1ccc(C(C)(C)C#N)cc1)c1ccc(OCC(F)(F)F)cn1. The van der Waals surface area contributed by atoms with E-state index in [1.165, 1.54) is 12.3 Å². The minimum absolute atomic E-state index is 0.0309. The van der Waals surface area contributed by atoms with E-state index in [1.54, 1.807) is 6.07 Å². The van der Waals surface area contributed by atoms with Crippen molar-refractivity contribution in [3.63, 3.8) is 0 Å². The lowest BCUT2D eigenvalue weighted by atomic mass is 9.84. The Morgan fingerprint density at radius 2 is 1.77 bits per heavy atom. The molecule has 1 heterocycles. The van der Waals surface area contributed by atoms with Gasteiger partial charge in [-0.05, 0) is 37.1 Å². The molecule has 2 atom stereocenters. The fourth-order valence-electron chi connectivity index (χ4n) is 2.96. The minimum Gasteiger partial charge on any atom is -0.483 e. The predicted molar refractivity (Wildman–Crippen MR) is 107 cm³/mol. The summed E-state index contributed by atoms with van der Waals surface area (Å²) in [5.41, 5.74) is 1.77. The van der Waals surface area contributed by atoms with Gasteiger partial charge in [0.25, 0.3) is 0 Å². The number of aromatic nitrogens is 1. The molecular formula is C23H25F3N2O2. The fourth-order valence-corrected chi connectivity index (χ4v) is 2.96. The number of hydrogen-bond acceptors (Lipinski definition) is 4. The quantitative estimate of drug-likeness (QED) is 0.552. The van der Waals surface area contributed by atoms with E-state index < -0.39 is 18.2 Å². The van der Waals surface area contributed by atoms with Crippen molar-refractivity contribution in [1.82, 2.24) is 4.98 Å². The average molecular weight is 418 g/mol. The van der Waals surface area contributed by atoms with Crippen LogP contribution in [0, 0.1) is 11.3 Å². The number of halogens is 3. The third-order valence-electron chi connectivity index (χ3n) is 5.07. The summed E-state index contributed by atoms with van der Waals surface area (Å²) in [5.74, 6) is -0.438. The van der Waals surface area contributed by atoms with E-state index in [0.717, 1.165) is 11.1 Å². The molecule has 4 nitrogen and oxygen atoms in total. The van der Waals surface area contributed by atoms with E-state index in [9.17, 15) is 23.2 Å². The van der Waals surface area contributed by atoms with E-state index in [0.29, 0.717) is 5.69 Å². The summed E-state index contributed by atoms with van der Waals surface area (Å²) < 4.78 is 41.3. The Morgan fingerprint density at radius 3 is 2.27 bits per heavy atom. The predicted octanol–water partition coefficient (Wildman–Crippen LogP) is 5.69. The maximum Gasteiger partial charge on any atom is 0.422 e. The van der Waals surface area contributed by atoms with Crippen molar-refractivity contribution in [3.8, 4) is 11.8 Å². The second-order valence-corrected chi connectivity index (χ2v) is 7.97. The van der Waals surface area contributed by atoms with Crippen LogP contribution in [0.3, 0.4) is 0 Å². The highest BCUT2D eigenvalue weighted by Gasteiger charge is 2.28. The van der Waals surface area contributed by atoms with Crippen LogP contribution in [0.15, 0.2) is 42.6 Å². The summed E-state index contributed by atoms with van der Waals surface area (Å²) in [5, 5.41) is 9.24. The van der Waals surface area contributed by atoms with Gasteiger partial charge in [0.1, 0.15) is 11.5 Å². The van der Waals surface area contributed by atoms with Gasteiger partial charge in [0.05, 0.1) is 17.7 Å². The molecule has 0 amide bonds. The first-order valence-electron chi connectivity index (χ1n) is 9.63. The Hall–Kier alpha value is -2.88. The van der Waals surface area contributed by atoms with Gasteiger partial charge in [-0.2, -0.15) is 18.4 Å². The molecular weight excluding hydrogens is 393 g/mol. The van der Waals surface area contributed by atoms with Gasteiger partial charge in [0, 0.05) is 24.0 Å².